The fraction of sp³-hybridized carbons (Fsp3) is 0.571. The first-order valence-corrected chi connectivity index (χ1v) is 12.5. The Labute approximate surface area is 191 Å². The van der Waals surface area contributed by atoms with Crippen LogP contribution < -0.4 is 5.32 Å². The Morgan fingerprint density at radius 3 is 2.72 bits per heavy atom. The maximum absolute atomic E-state index is 12.3. The summed E-state index contributed by atoms with van der Waals surface area (Å²) in [6, 6.07) is 13.5. The van der Waals surface area contributed by atoms with Gasteiger partial charge in [0.05, 0.1) is 5.52 Å². The van der Waals surface area contributed by atoms with E-state index in [0.29, 0.717) is 23.4 Å². The van der Waals surface area contributed by atoms with Crippen molar-refractivity contribution in [2.75, 3.05) is 12.4 Å². The molecule has 168 valence electrons. The highest BCUT2D eigenvalue weighted by Gasteiger charge is 2.60. The molecule has 7 atom stereocenters. The van der Waals surface area contributed by atoms with Gasteiger partial charge in [-0.05, 0) is 86.0 Å². The van der Waals surface area contributed by atoms with Crippen LogP contribution in [0.2, 0.25) is 0 Å². The van der Waals surface area contributed by atoms with Crippen molar-refractivity contribution in [3.63, 3.8) is 0 Å². The third-order valence-electron chi connectivity index (χ3n) is 10.0. The molecule has 6 rings (SSSR count). The Balaban J connectivity index is 1.26. The van der Waals surface area contributed by atoms with Crippen LogP contribution >= 0.6 is 0 Å². The molecule has 4 nitrogen and oxygen atoms in total. The van der Waals surface area contributed by atoms with E-state index >= 15 is 0 Å². The minimum absolute atomic E-state index is 0.123. The Morgan fingerprint density at radius 1 is 1.00 bits per heavy atom. The van der Waals surface area contributed by atoms with Gasteiger partial charge in [-0.1, -0.05) is 38.1 Å². The van der Waals surface area contributed by atoms with Crippen LogP contribution in [0.4, 0.5) is 5.82 Å². The molecule has 2 aromatic rings. The number of para-hydroxylation sites is 1. The summed E-state index contributed by atoms with van der Waals surface area (Å²) >= 11 is 0. The maximum Gasteiger partial charge on any atom is 0.246 e. The van der Waals surface area contributed by atoms with Crippen molar-refractivity contribution in [3.8, 4) is 0 Å². The molecule has 2 unspecified atom stereocenters. The highest BCUT2D eigenvalue weighted by molar-refractivity contribution is 5.89. The second kappa shape index (κ2) is 7.07. The fourth-order valence-electron chi connectivity index (χ4n) is 8.30. The minimum atomic E-state index is 0.123. The zero-order valence-electron chi connectivity index (χ0n) is 19.6. The number of likely N-dealkylation sites (N-methyl/N-ethyl adjacent to an activating group) is 1. The number of fused-ring (bicyclic) bond motifs is 6. The van der Waals surface area contributed by atoms with Gasteiger partial charge in [0, 0.05) is 29.9 Å². The zero-order valence-corrected chi connectivity index (χ0v) is 19.6. The molecule has 4 heteroatoms. The molecule has 3 aliphatic carbocycles. The monoisotopic (exact) mass is 429 g/mol. The van der Waals surface area contributed by atoms with Crippen molar-refractivity contribution in [3.05, 3.63) is 48.6 Å². The predicted molar refractivity (Wildman–Crippen MR) is 129 cm³/mol. The van der Waals surface area contributed by atoms with Gasteiger partial charge in [0.25, 0.3) is 0 Å². The van der Waals surface area contributed by atoms with E-state index in [0.717, 1.165) is 29.6 Å². The third-order valence-corrected chi connectivity index (χ3v) is 10.0. The maximum atomic E-state index is 12.3. The topological polar surface area (TPSA) is 45.2 Å². The molecule has 1 aromatic heterocycles. The van der Waals surface area contributed by atoms with Gasteiger partial charge in [-0.15, -0.1) is 0 Å². The number of nitrogens with one attached hydrogen (secondary N) is 1. The molecule has 2 heterocycles. The van der Waals surface area contributed by atoms with Crippen LogP contribution in [-0.2, 0) is 4.79 Å². The highest BCUT2D eigenvalue weighted by atomic mass is 16.2. The van der Waals surface area contributed by atoms with Crippen LogP contribution in [0.25, 0.3) is 10.9 Å². The second-order valence-corrected chi connectivity index (χ2v) is 11.3. The number of anilines is 1. The molecule has 1 N–H and O–H groups in total. The van der Waals surface area contributed by atoms with Crippen LogP contribution in [0.1, 0.15) is 52.4 Å². The van der Waals surface area contributed by atoms with Crippen molar-refractivity contribution in [1.29, 1.82) is 0 Å². The summed E-state index contributed by atoms with van der Waals surface area (Å²) in [4.78, 5) is 19.2. The minimum Gasteiger partial charge on any atom is -0.367 e. The molecule has 3 fully saturated rings. The number of nitrogens with zero attached hydrogens (tertiary/aromatic N) is 2. The van der Waals surface area contributed by atoms with Crippen molar-refractivity contribution in [1.82, 2.24) is 9.88 Å². The van der Waals surface area contributed by atoms with Gasteiger partial charge in [0.2, 0.25) is 5.91 Å². The quantitative estimate of drug-likeness (QED) is 0.670. The van der Waals surface area contributed by atoms with Crippen LogP contribution in [0.15, 0.2) is 48.6 Å². The molecular weight excluding hydrogens is 394 g/mol. The van der Waals surface area contributed by atoms with E-state index in [1.54, 1.807) is 0 Å². The number of benzene rings is 1. The van der Waals surface area contributed by atoms with Gasteiger partial charge in [0.1, 0.15) is 5.82 Å². The van der Waals surface area contributed by atoms with Crippen molar-refractivity contribution < 1.29 is 4.79 Å². The summed E-state index contributed by atoms with van der Waals surface area (Å²) < 4.78 is 0. The number of hydrogen-bond acceptors (Lipinski definition) is 3. The van der Waals surface area contributed by atoms with Crippen molar-refractivity contribution >= 4 is 22.6 Å². The van der Waals surface area contributed by atoms with Gasteiger partial charge in [-0.2, -0.15) is 0 Å². The van der Waals surface area contributed by atoms with Crippen LogP contribution in [0, 0.1) is 28.6 Å². The Bertz CT molecular complexity index is 1100. The summed E-state index contributed by atoms with van der Waals surface area (Å²) in [6.45, 7) is 4.97. The molecule has 32 heavy (non-hydrogen) atoms. The molecule has 1 amide bonds. The number of aromatic nitrogens is 1. The van der Waals surface area contributed by atoms with Crippen LogP contribution in [-0.4, -0.2) is 34.9 Å². The lowest BCUT2D eigenvalue weighted by Gasteiger charge is -2.60. The van der Waals surface area contributed by atoms with Crippen molar-refractivity contribution in [2.24, 2.45) is 28.6 Å². The molecule has 3 saturated carbocycles. The first-order valence-electron chi connectivity index (χ1n) is 12.5. The molecular formula is C28H35N3O. The average Bonchev–Trinajstić information content (AvgIpc) is 3.13. The summed E-state index contributed by atoms with van der Waals surface area (Å²) in [6.07, 6.45) is 11.6. The molecule has 4 aliphatic rings. The molecule has 1 aliphatic heterocycles. The standard InChI is InChI=1S/C28H35N3O/c1-27-16-14-21-19(9-12-24-28(21,2)17-15-26(32)31(24)3)20(27)10-11-23(27)30-25-13-8-18-6-4-5-7-22(18)29-25/h4-8,13,15,17,19-21,23-24H,9-12,14,16H2,1-3H3,(H,29,30)/t19-,20-,21+,23?,24?,27-,28+/m0/s1. The van der Waals surface area contributed by atoms with Gasteiger partial charge in [0.15, 0.2) is 0 Å². The Kier molecular flexibility index (Phi) is 4.48. The first-order chi connectivity index (χ1) is 15.4. The third kappa shape index (κ3) is 2.80. The highest BCUT2D eigenvalue weighted by Crippen LogP contribution is 2.64. The van der Waals surface area contributed by atoms with E-state index in [1.807, 2.05) is 18.0 Å². The largest absolute Gasteiger partial charge is 0.367 e. The lowest BCUT2D eigenvalue weighted by Crippen LogP contribution is -2.60. The van der Waals surface area contributed by atoms with E-state index < -0.39 is 0 Å². The average molecular weight is 430 g/mol. The first kappa shape index (κ1) is 20.3. The molecule has 0 bridgehead atoms. The van der Waals surface area contributed by atoms with Crippen molar-refractivity contribution in [2.45, 2.75) is 64.5 Å². The van der Waals surface area contributed by atoms with E-state index in [2.05, 4.69) is 61.6 Å². The normalized spacial score (nSPS) is 40.7. The van der Waals surface area contributed by atoms with E-state index in [4.69, 9.17) is 4.98 Å². The number of hydrogen-bond donors (Lipinski definition) is 1. The van der Waals surface area contributed by atoms with Gasteiger partial charge >= 0.3 is 0 Å². The van der Waals surface area contributed by atoms with Crippen LogP contribution in [0.5, 0.6) is 0 Å². The smallest absolute Gasteiger partial charge is 0.246 e. The molecule has 1 aromatic carbocycles. The Morgan fingerprint density at radius 2 is 1.84 bits per heavy atom. The van der Waals surface area contributed by atoms with E-state index in [-0.39, 0.29) is 11.3 Å². The molecule has 0 saturated heterocycles. The van der Waals surface area contributed by atoms with E-state index in [9.17, 15) is 4.79 Å². The molecule has 0 spiro atoms. The number of carbonyl (C=O) groups excluding carboxylic acids is 1. The van der Waals surface area contributed by atoms with Crippen LogP contribution in [0.3, 0.4) is 0 Å². The fourth-order valence-corrected chi connectivity index (χ4v) is 8.30. The lowest BCUT2D eigenvalue weighted by atomic mass is 9.48. The number of amides is 1. The summed E-state index contributed by atoms with van der Waals surface area (Å²) in [7, 11) is 2.01. The van der Waals surface area contributed by atoms with Gasteiger partial charge in [-0.3, -0.25) is 4.79 Å². The van der Waals surface area contributed by atoms with E-state index in [1.165, 1.54) is 37.5 Å². The summed E-state index contributed by atoms with van der Waals surface area (Å²) in [5.74, 6) is 3.40. The van der Waals surface area contributed by atoms with Gasteiger partial charge in [-0.25, -0.2) is 4.98 Å². The zero-order chi connectivity index (χ0) is 22.1. The number of pyridine rings is 1. The number of rotatable bonds is 2. The summed E-state index contributed by atoms with van der Waals surface area (Å²) in [5, 5.41) is 5.07. The lowest BCUT2D eigenvalue weighted by molar-refractivity contribution is -0.138. The second-order valence-electron chi connectivity index (χ2n) is 11.3. The predicted octanol–water partition coefficient (Wildman–Crippen LogP) is 5.65. The molecule has 0 radical (unpaired) electrons. The number of carbonyl (C=O) groups is 1. The van der Waals surface area contributed by atoms with Gasteiger partial charge < -0.3 is 10.2 Å². The Hall–Kier alpha value is -2.36. The summed E-state index contributed by atoms with van der Waals surface area (Å²) in [5.41, 5.74) is 1.51. The SMILES string of the molecule is CN1C(=O)C=C[C@@]2(C)C1CC[C@@H]1[C@H]2CC[C@]2(C)C(Nc3ccc4ccccc4n3)CC[C@@H]12.